The highest BCUT2D eigenvalue weighted by Gasteiger charge is 2.14. The largest absolute Gasteiger partial charge is 0.495 e. The summed E-state index contributed by atoms with van der Waals surface area (Å²) in [6, 6.07) is 16.7. The Kier molecular flexibility index (Phi) is 6.34. The Labute approximate surface area is 168 Å². The van der Waals surface area contributed by atoms with Crippen molar-refractivity contribution in [3.8, 4) is 11.5 Å². The molecule has 144 valence electrons. The molecular formula is C21H20ClN3O3. The van der Waals surface area contributed by atoms with Crippen molar-refractivity contribution in [2.45, 2.75) is 6.54 Å². The molecule has 0 fully saturated rings. The molecule has 28 heavy (non-hydrogen) atoms. The summed E-state index contributed by atoms with van der Waals surface area (Å²) in [6.07, 6.45) is 1.62. The molecule has 7 heteroatoms. The summed E-state index contributed by atoms with van der Waals surface area (Å²) in [6.45, 7) is 0.676. The maximum atomic E-state index is 12.5. The molecule has 0 spiro atoms. The molecule has 0 atom stereocenters. The van der Waals surface area contributed by atoms with E-state index in [1.807, 2.05) is 36.4 Å². The Morgan fingerprint density at radius 3 is 2.43 bits per heavy atom. The van der Waals surface area contributed by atoms with Crippen LogP contribution in [0.1, 0.15) is 16.1 Å². The summed E-state index contributed by atoms with van der Waals surface area (Å²) in [5, 5.41) is 6.44. The van der Waals surface area contributed by atoms with Crippen molar-refractivity contribution in [1.82, 2.24) is 4.98 Å². The average molecular weight is 398 g/mol. The van der Waals surface area contributed by atoms with Crippen molar-refractivity contribution >= 4 is 28.9 Å². The number of methoxy groups -OCH3 is 2. The van der Waals surface area contributed by atoms with Gasteiger partial charge < -0.3 is 20.1 Å². The number of nitrogens with zero attached hydrogens (tertiary/aromatic N) is 1. The van der Waals surface area contributed by atoms with E-state index in [0.717, 1.165) is 11.3 Å². The number of rotatable bonds is 7. The van der Waals surface area contributed by atoms with Crippen molar-refractivity contribution in [2.75, 3.05) is 24.9 Å². The molecule has 3 aromatic rings. The van der Waals surface area contributed by atoms with E-state index in [2.05, 4.69) is 15.6 Å². The van der Waals surface area contributed by atoms with Gasteiger partial charge in [0.05, 0.1) is 36.8 Å². The second kappa shape index (κ2) is 9.10. The van der Waals surface area contributed by atoms with E-state index in [-0.39, 0.29) is 11.6 Å². The second-order valence-electron chi connectivity index (χ2n) is 5.91. The molecule has 3 rings (SSSR count). The number of carbonyl (C=O) groups excluding carboxylic acids is 1. The zero-order chi connectivity index (χ0) is 19.9. The quantitative estimate of drug-likeness (QED) is 0.608. The number of nitrogens with one attached hydrogen (secondary N) is 2. The lowest BCUT2D eigenvalue weighted by Gasteiger charge is -2.13. The third-order valence-electron chi connectivity index (χ3n) is 4.06. The van der Waals surface area contributed by atoms with Crippen molar-refractivity contribution in [3.63, 3.8) is 0 Å². The molecule has 0 saturated heterocycles. The Balaban J connectivity index is 1.68. The molecule has 2 aromatic carbocycles. The third-order valence-corrected chi connectivity index (χ3v) is 4.35. The van der Waals surface area contributed by atoms with E-state index >= 15 is 0 Å². The van der Waals surface area contributed by atoms with Crippen LogP contribution >= 0.6 is 11.6 Å². The van der Waals surface area contributed by atoms with Gasteiger partial charge in [-0.2, -0.15) is 0 Å². The molecular weight excluding hydrogens is 378 g/mol. The molecule has 0 aliphatic carbocycles. The molecule has 0 saturated carbocycles. The molecule has 0 aliphatic heterocycles. The van der Waals surface area contributed by atoms with Crippen LogP contribution in [0, 0.1) is 0 Å². The summed E-state index contributed by atoms with van der Waals surface area (Å²) in [5.41, 5.74) is 2.71. The van der Waals surface area contributed by atoms with Crippen LogP contribution in [-0.2, 0) is 6.54 Å². The fourth-order valence-electron chi connectivity index (χ4n) is 2.58. The van der Waals surface area contributed by atoms with E-state index < -0.39 is 0 Å². The number of ether oxygens (including phenoxy) is 2. The minimum atomic E-state index is -0.364. The van der Waals surface area contributed by atoms with E-state index in [1.165, 1.54) is 14.2 Å². The van der Waals surface area contributed by atoms with Gasteiger partial charge in [-0.15, -0.1) is 0 Å². The Hall–Kier alpha value is -3.25. The Bertz CT molecular complexity index is 947. The van der Waals surface area contributed by atoms with Gasteiger partial charge in [0.1, 0.15) is 17.2 Å². The fraction of sp³-hybridized carbons (Fsp3) is 0.143. The first kappa shape index (κ1) is 19.5. The van der Waals surface area contributed by atoms with Crippen LogP contribution in [0.5, 0.6) is 11.5 Å². The number of halogens is 1. The van der Waals surface area contributed by atoms with Crippen LogP contribution in [0.3, 0.4) is 0 Å². The molecule has 0 aliphatic rings. The van der Waals surface area contributed by atoms with Crippen molar-refractivity contribution < 1.29 is 14.3 Å². The van der Waals surface area contributed by atoms with Gasteiger partial charge in [0.15, 0.2) is 0 Å². The standard InChI is InChI=1S/C21H20ClN3O3/c1-27-19-11-18(20(28-2)10-16(19)22)25-21(26)17-9-8-15(13-24-17)23-12-14-6-4-3-5-7-14/h3-11,13,23H,12H2,1-2H3,(H,25,26). The summed E-state index contributed by atoms with van der Waals surface area (Å²) in [5.74, 6) is 0.503. The number of hydrogen-bond acceptors (Lipinski definition) is 5. The summed E-state index contributed by atoms with van der Waals surface area (Å²) >= 11 is 6.09. The molecule has 0 unspecified atom stereocenters. The van der Waals surface area contributed by atoms with Crippen molar-refractivity contribution in [3.05, 3.63) is 77.1 Å². The zero-order valence-electron chi connectivity index (χ0n) is 15.5. The Morgan fingerprint density at radius 2 is 1.79 bits per heavy atom. The third kappa shape index (κ3) is 4.72. The van der Waals surface area contributed by atoms with Gasteiger partial charge in [-0.3, -0.25) is 4.79 Å². The number of benzene rings is 2. The van der Waals surface area contributed by atoms with E-state index in [4.69, 9.17) is 21.1 Å². The highest BCUT2D eigenvalue weighted by molar-refractivity contribution is 6.32. The van der Waals surface area contributed by atoms with Gasteiger partial charge in [-0.25, -0.2) is 4.98 Å². The maximum absolute atomic E-state index is 12.5. The maximum Gasteiger partial charge on any atom is 0.274 e. The number of amides is 1. The second-order valence-corrected chi connectivity index (χ2v) is 6.32. The minimum Gasteiger partial charge on any atom is -0.495 e. The van der Waals surface area contributed by atoms with Crippen LogP contribution < -0.4 is 20.1 Å². The summed E-state index contributed by atoms with van der Waals surface area (Å²) in [4.78, 5) is 16.8. The average Bonchev–Trinajstić information content (AvgIpc) is 2.74. The highest BCUT2D eigenvalue weighted by atomic mass is 35.5. The van der Waals surface area contributed by atoms with Gasteiger partial charge in [0.25, 0.3) is 5.91 Å². The van der Waals surface area contributed by atoms with Crippen LogP contribution in [-0.4, -0.2) is 25.1 Å². The topological polar surface area (TPSA) is 72.5 Å². The number of hydrogen-bond donors (Lipinski definition) is 2. The summed E-state index contributed by atoms with van der Waals surface area (Å²) in [7, 11) is 3.00. The number of anilines is 2. The van der Waals surface area contributed by atoms with Crippen LogP contribution in [0.15, 0.2) is 60.8 Å². The first-order valence-corrected chi connectivity index (χ1v) is 8.95. The molecule has 0 bridgehead atoms. The lowest BCUT2D eigenvalue weighted by molar-refractivity contribution is 0.102. The predicted molar refractivity (Wildman–Crippen MR) is 111 cm³/mol. The van der Waals surface area contributed by atoms with Gasteiger partial charge in [-0.05, 0) is 17.7 Å². The lowest BCUT2D eigenvalue weighted by Crippen LogP contribution is -2.14. The predicted octanol–water partition coefficient (Wildman–Crippen LogP) is 4.62. The van der Waals surface area contributed by atoms with E-state index in [9.17, 15) is 4.79 Å². The minimum absolute atomic E-state index is 0.279. The van der Waals surface area contributed by atoms with Crippen LogP contribution in [0.25, 0.3) is 0 Å². The number of pyridine rings is 1. The molecule has 1 amide bonds. The molecule has 1 heterocycles. The Morgan fingerprint density at radius 1 is 1.04 bits per heavy atom. The van der Waals surface area contributed by atoms with Crippen molar-refractivity contribution in [1.29, 1.82) is 0 Å². The highest BCUT2D eigenvalue weighted by Crippen LogP contribution is 2.36. The first-order chi connectivity index (χ1) is 13.6. The van der Waals surface area contributed by atoms with Crippen LogP contribution in [0.4, 0.5) is 11.4 Å². The normalized spacial score (nSPS) is 10.2. The van der Waals surface area contributed by atoms with E-state index in [1.54, 1.807) is 24.4 Å². The lowest BCUT2D eigenvalue weighted by atomic mass is 10.2. The smallest absolute Gasteiger partial charge is 0.274 e. The van der Waals surface area contributed by atoms with Crippen molar-refractivity contribution in [2.24, 2.45) is 0 Å². The van der Waals surface area contributed by atoms with Gasteiger partial charge >= 0.3 is 0 Å². The zero-order valence-corrected chi connectivity index (χ0v) is 16.3. The van der Waals surface area contributed by atoms with E-state index in [0.29, 0.717) is 28.8 Å². The molecule has 1 aromatic heterocycles. The van der Waals surface area contributed by atoms with Gasteiger partial charge in [0, 0.05) is 18.7 Å². The van der Waals surface area contributed by atoms with Gasteiger partial charge in [0.2, 0.25) is 0 Å². The molecule has 2 N–H and O–H groups in total. The van der Waals surface area contributed by atoms with Crippen LogP contribution in [0.2, 0.25) is 5.02 Å². The fourth-order valence-corrected chi connectivity index (χ4v) is 2.81. The first-order valence-electron chi connectivity index (χ1n) is 8.57. The molecule has 0 radical (unpaired) electrons. The summed E-state index contributed by atoms with van der Waals surface area (Å²) < 4.78 is 10.5. The number of aromatic nitrogens is 1. The SMILES string of the molecule is COc1cc(NC(=O)c2ccc(NCc3ccccc3)cn2)c(OC)cc1Cl. The monoisotopic (exact) mass is 397 g/mol. The number of carbonyl (C=O) groups is 1. The molecule has 6 nitrogen and oxygen atoms in total. The van der Waals surface area contributed by atoms with Gasteiger partial charge in [-0.1, -0.05) is 41.9 Å².